The van der Waals surface area contributed by atoms with E-state index in [-0.39, 0.29) is 24.5 Å². The molecule has 0 saturated heterocycles. The number of rotatable bonds is 31. The number of carbonyl (C=O) groups is 3. The number of ether oxygens (including phenoxy) is 1. The molecule has 6 nitrogen and oxygen atoms in total. The van der Waals surface area contributed by atoms with E-state index < -0.39 is 5.97 Å². The zero-order chi connectivity index (χ0) is 29.5. The number of unbranched alkanes of at least 4 members (excludes halogenated alkanes) is 20. The molecule has 0 aromatic heterocycles. The second kappa shape index (κ2) is 30.4. The van der Waals surface area contributed by atoms with Crippen molar-refractivity contribution in [1.29, 1.82) is 0 Å². The van der Waals surface area contributed by atoms with Crippen LogP contribution < -0.4 is 5.32 Å². The van der Waals surface area contributed by atoms with Crippen LogP contribution in [0.5, 0.6) is 0 Å². The number of aliphatic carboxylic acids is 1. The molecule has 0 spiro atoms. The molecule has 0 radical (unpaired) electrons. The molecular formula is C34H65NO5. The van der Waals surface area contributed by atoms with Crippen LogP contribution in [0, 0.1) is 0 Å². The maximum Gasteiger partial charge on any atom is 0.322 e. The van der Waals surface area contributed by atoms with E-state index in [2.05, 4.69) is 19.2 Å². The molecule has 1 unspecified atom stereocenters. The lowest BCUT2D eigenvalue weighted by Gasteiger charge is -2.18. The zero-order valence-corrected chi connectivity index (χ0v) is 26.5. The Morgan fingerprint density at radius 3 is 1.38 bits per heavy atom. The lowest BCUT2D eigenvalue weighted by molar-refractivity contribution is -0.150. The number of esters is 1. The number of carbonyl (C=O) groups excluding carboxylic acids is 2. The summed E-state index contributed by atoms with van der Waals surface area (Å²) in [5.74, 6) is -1.26. The zero-order valence-electron chi connectivity index (χ0n) is 26.5. The van der Waals surface area contributed by atoms with E-state index >= 15 is 0 Å². The molecule has 0 fully saturated rings. The summed E-state index contributed by atoms with van der Waals surface area (Å²) in [6, 6.07) is 0. The van der Waals surface area contributed by atoms with E-state index in [0.717, 1.165) is 57.8 Å². The molecule has 0 saturated carbocycles. The molecule has 0 aromatic rings. The van der Waals surface area contributed by atoms with E-state index in [9.17, 15) is 14.4 Å². The minimum absolute atomic E-state index is 0.0135. The number of nitrogens with one attached hydrogen (secondary N) is 1. The van der Waals surface area contributed by atoms with E-state index in [1.165, 1.54) is 103 Å². The first-order valence-corrected chi connectivity index (χ1v) is 17.2. The average Bonchev–Trinajstić information content (AvgIpc) is 2.93. The third kappa shape index (κ3) is 29.4. The smallest absolute Gasteiger partial charge is 0.322 e. The van der Waals surface area contributed by atoms with Crippen LogP contribution in [0.25, 0.3) is 0 Å². The first-order chi connectivity index (χ1) is 19.5. The highest BCUT2D eigenvalue weighted by Crippen LogP contribution is 2.18. The van der Waals surface area contributed by atoms with Crippen LogP contribution in [-0.4, -0.2) is 35.6 Å². The molecule has 0 bridgehead atoms. The lowest BCUT2D eigenvalue weighted by atomic mass is 10.0. The van der Waals surface area contributed by atoms with Gasteiger partial charge in [-0.25, -0.2) is 0 Å². The van der Waals surface area contributed by atoms with Gasteiger partial charge >= 0.3 is 11.9 Å². The highest BCUT2D eigenvalue weighted by Gasteiger charge is 2.14. The lowest BCUT2D eigenvalue weighted by Crippen LogP contribution is -2.28. The summed E-state index contributed by atoms with van der Waals surface area (Å²) in [4.78, 5) is 34.6. The normalized spacial score (nSPS) is 11.8. The molecule has 6 heteroatoms. The predicted molar refractivity (Wildman–Crippen MR) is 167 cm³/mol. The van der Waals surface area contributed by atoms with E-state index in [1.54, 1.807) is 0 Å². The van der Waals surface area contributed by atoms with Gasteiger partial charge in [0.2, 0.25) is 5.91 Å². The quantitative estimate of drug-likeness (QED) is 0.0642. The first-order valence-electron chi connectivity index (χ1n) is 17.2. The minimum atomic E-state index is -1.02. The van der Waals surface area contributed by atoms with Gasteiger partial charge in [0.1, 0.15) is 12.6 Å². The third-order valence-corrected chi connectivity index (χ3v) is 7.78. The Kier molecular flexibility index (Phi) is 29.2. The molecule has 236 valence electrons. The van der Waals surface area contributed by atoms with Crippen molar-refractivity contribution >= 4 is 17.8 Å². The predicted octanol–water partition coefficient (Wildman–Crippen LogP) is 9.67. The van der Waals surface area contributed by atoms with Gasteiger partial charge in [0.25, 0.3) is 0 Å². The highest BCUT2D eigenvalue weighted by molar-refractivity contribution is 5.80. The monoisotopic (exact) mass is 567 g/mol. The maximum atomic E-state index is 12.5. The number of carboxylic acid groups (broad SMARTS) is 1. The average molecular weight is 568 g/mol. The van der Waals surface area contributed by atoms with Gasteiger partial charge in [-0.2, -0.15) is 0 Å². The fourth-order valence-corrected chi connectivity index (χ4v) is 5.22. The van der Waals surface area contributed by atoms with Crippen molar-refractivity contribution in [1.82, 2.24) is 5.32 Å². The topological polar surface area (TPSA) is 92.7 Å². The second-order valence-corrected chi connectivity index (χ2v) is 11.8. The summed E-state index contributed by atoms with van der Waals surface area (Å²) in [7, 11) is 0. The number of hydrogen-bond acceptors (Lipinski definition) is 4. The van der Waals surface area contributed by atoms with E-state index in [0.29, 0.717) is 12.8 Å². The summed E-state index contributed by atoms with van der Waals surface area (Å²) >= 11 is 0. The Hall–Kier alpha value is -1.59. The van der Waals surface area contributed by atoms with Gasteiger partial charge in [-0.3, -0.25) is 14.4 Å². The van der Waals surface area contributed by atoms with Crippen LogP contribution in [0.15, 0.2) is 0 Å². The van der Waals surface area contributed by atoms with E-state index in [4.69, 9.17) is 9.84 Å². The number of carboxylic acids is 1. The van der Waals surface area contributed by atoms with Crippen LogP contribution in [0.2, 0.25) is 0 Å². The Balaban J connectivity index is 3.85. The minimum Gasteiger partial charge on any atom is -0.480 e. The summed E-state index contributed by atoms with van der Waals surface area (Å²) in [6.45, 7) is 4.16. The van der Waals surface area contributed by atoms with E-state index in [1.807, 2.05) is 0 Å². The molecule has 1 amide bonds. The Bertz CT molecular complexity index is 595. The third-order valence-electron chi connectivity index (χ3n) is 7.78. The largest absolute Gasteiger partial charge is 0.480 e. The molecule has 40 heavy (non-hydrogen) atoms. The van der Waals surface area contributed by atoms with Crippen molar-refractivity contribution in [3.05, 3.63) is 0 Å². The van der Waals surface area contributed by atoms with Gasteiger partial charge in [-0.1, -0.05) is 136 Å². The summed E-state index contributed by atoms with van der Waals surface area (Å²) in [5, 5.41) is 11.0. The fraction of sp³-hybridized carbons (Fsp3) is 0.912. The van der Waals surface area contributed by atoms with Crippen LogP contribution >= 0.6 is 0 Å². The van der Waals surface area contributed by atoms with Gasteiger partial charge < -0.3 is 15.2 Å². The molecule has 1 atom stereocenters. The number of amides is 1. The summed E-state index contributed by atoms with van der Waals surface area (Å²) in [6.07, 6.45) is 30.9. The highest BCUT2D eigenvalue weighted by atomic mass is 16.5. The van der Waals surface area contributed by atoms with Crippen molar-refractivity contribution in [2.75, 3.05) is 6.54 Å². The van der Waals surface area contributed by atoms with Gasteiger partial charge in [-0.15, -0.1) is 0 Å². The van der Waals surface area contributed by atoms with Crippen molar-refractivity contribution in [3.8, 4) is 0 Å². The SMILES string of the molecule is CCCCCCCCCCCCCCCCCC(=O)OC(CCCCCC)CCCCCCC(=O)NCC(=O)O. The van der Waals surface area contributed by atoms with Gasteiger partial charge in [-0.05, 0) is 38.5 Å². The van der Waals surface area contributed by atoms with Crippen LogP contribution in [0.4, 0.5) is 0 Å². The van der Waals surface area contributed by atoms with Gasteiger partial charge in [0.05, 0.1) is 0 Å². The van der Waals surface area contributed by atoms with Crippen LogP contribution in [-0.2, 0) is 19.1 Å². The van der Waals surface area contributed by atoms with Crippen molar-refractivity contribution < 1.29 is 24.2 Å². The number of hydrogen-bond donors (Lipinski definition) is 2. The maximum absolute atomic E-state index is 12.5. The Morgan fingerprint density at radius 1 is 0.550 bits per heavy atom. The first kappa shape index (κ1) is 38.4. The Labute approximate surface area is 247 Å². The van der Waals surface area contributed by atoms with Crippen molar-refractivity contribution in [2.45, 2.75) is 193 Å². The molecule has 0 heterocycles. The summed E-state index contributed by atoms with van der Waals surface area (Å²) in [5.41, 5.74) is 0. The molecule has 0 rings (SSSR count). The van der Waals surface area contributed by atoms with Crippen molar-refractivity contribution in [3.63, 3.8) is 0 Å². The van der Waals surface area contributed by atoms with Crippen LogP contribution in [0.3, 0.4) is 0 Å². The van der Waals surface area contributed by atoms with Gasteiger partial charge in [0, 0.05) is 12.8 Å². The molecule has 0 aromatic carbocycles. The fourth-order valence-electron chi connectivity index (χ4n) is 5.22. The molecule has 0 aliphatic heterocycles. The molecule has 2 N–H and O–H groups in total. The Morgan fingerprint density at radius 2 is 0.925 bits per heavy atom. The summed E-state index contributed by atoms with van der Waals surface area (Å²) < 4.78 is 5.89. The van der Waals surface area contributed by atoms with Crippen LogP contribution in [0.1, 0.15) is 187 Å². The molecule has 0 aliphatic rings. The van der Waals surface area contributed by atoms with Crippen molar-refractivity contribution in [2.24, 2.45) is 0 Å². The standard InChI is InChI=1S/C34H65NO5/c1-3-5-7-9-10-11-12-13-14-15-16-17-18-19-25-29-34(39)40-31(26-22-8-6-4-2)27-23-20-21-24-28-32(36)35-30-33(37)38/h31H,3-30H2,1-2H3,(H,35,36)(H,37,38). The molecule has 0 aliphatic carbocycles. The molecular weight excluding hydrogens is 502 g/mol. The second-order valence-electron chi connectivity index (χ2n) is 11.8. The van der Waals surface area contributed by atoms with Gasteiger partial charge in [0.15, 0.2) is 0 Å².